The molecular weight excluding hydrogens is 392 g/mol. The molecule has 0 aromatic heterocycles. The standard InChI is InChI=1S/C24H40N4O3/c1-17(2)8-6-9-18(3)27-24(25)26-12-7-10-23(29)28-13-11-19-14-21(30-4)22(31-5)15-20(19)16-28/h14-15,17-18H,6-13,16H2,1-5H3,(H3,25,26,27). The maximum Gasteiger partial charge on any atom is 0.222 e. The number of nitrogens with one attached hydrogen (secondary N) is 1. The number of nitrogens with zero attached hydrogens (tertiary/aromatic N) is 2. The molecule has 0 radical (unpaired) electrons. The first-order valence-electron chi connectivity index (χ1n) is 11.4. The molecule has 0 bridgehead atoms. The van der Waals surface area contributed by atoms with Crippen molar-refractivity contribution < 1.29 is 14.3 Å². The second kappa shape index (κ2) is 12.4. The van der Waals surface area contributed by atoms with Crippen molar-refractivity contribution in [2.24, 2.45) is 16.6 Å². The number of hydrogen-bond donors (Lipinski definition) is 2. The number of nitrogens with two attached hydrogens (primary N) is 1. The molecule has 31 heavy (non-hydrogen) atoms. The van der Waals surface area contributed by atoms with Crippen molar-refractivity contribution in [2.75, 3.05) is 27.3 Å². The molecule has 1 atom stereocenters. The van der Waals surface area contributed by atoms with Crippen molar-refractivity contribution in [3.8, 4) is 11.5 Å². The molecule has 1 aliphatic rings. The summed E-state index contributed by atoms with van der Waals surface area (Å²) in [6, 6.07) is 4.31. The van der Waals surface area contributed by atoms with Gasteiger partial charge in [0.25, 0.3) is 0 Å². The van der Waals surface area contributed by atoms with Crippen molar-refractivity contribution in [2.45, 2.75) is 71.9 Å². The fourth-order valence-corrected chi connectivity index (χ4v) is 3.89. The minimum Gasteiger partial charge on any atom is -0.493 e. The summed E-state index contributed by atoms with van der Waals surface area (Å²) in [7, 11) is 3.27. The molecule has 1 amide bonds. The third-order valence-corrected chi connectivity index (χ3v) is 5.71. The van der Waals surface area contributed by atoms with E-state index in [1.54, 1.807) is 14.2 Å². The number of carbonyl (C=O) groups excluding carboxylic acids is 1. The van der Waals surface area contributed by atoms with E-state index in [1.807, 2.05) is 17.0 Å². The predicted octanol–water partition coefficient (Wildman–Crippen LogP) is 3.49. The second-order valence-electron chi connectivity index (χ2n) is 8.78. The lowest BCUT2D eigenvalue weighted by Gasteiger charge is -2.29. The van der Waals surface area contributed by atoms with Crippen LogP contribution in [0.3, 0.4) is 0 Å². The van der Waals surface area contributed by atoms with Crippen LogP contribution in [0.1, 0.15) is 64.0 Å². The maximum absolute atomic E-state index is 12.7. The van der Waals surface area contributed by atoms with Gasteiger partial charge in [-0.2, -0.15) is 0 Å². The highest BCUT2D eigenvalue weighted by atomic mass is 16.5. The highest BCUT2D eigenvalue weighted by Crippen LogP contribution is 2.33. The van der Waals surface area contributed by atoms with Gasteiger partial charge in [-0.3, -0.25) is 9.79 Å². The van der Waals surface area contributed by atoms with E-state index in [0.29, 0.717) is 43.7 Å². The molecule has 1 unspecified atom stereocenters. The summed E-state index contributed by atoms with van der Waals surface area (Å²) < 4.78 is 10.8. The molecule has 1 aromatic carbocycles. The van der Waals surface area contributed by atoms with Crippen molar-refractivity contribution in [3.05, 3.63) is 23.3 Å². The first-order valence-corrected chi connectivity index (χ1v) is 11.4. The summed E-state index contributed by atoms with van der Waals surface area (Å²) in [6.45, 7) is 8.50. The van der Waals surface area contributed by atoms with Crippen LogP contribution in [0.5, 0.6) is 11.5 Å². The van der Waals surface area contributed by atoms with E-state index >= 15 is 0 Å². The zero-order valence-electron chi connectivity index (χ0n) is 19.9. The van der Waals surface area contributed by atoms with Gasteiger partial charge in [-0.15, -0.1) is 0 Å². The van der Waals surface area contributed by atoms with E-state index in [-0.39, 0.29) is 5.91 Å². The molecule has 7 heteroatoms. The van der Waals surface area contributed by atoms with Crippen molar-refractivity contribution in [3.63, 3.8) is 0 Å². The summed E-state index contributed by atoms with van der Waals surface area (Å²) in [6.07, 6.45) is 5.49. The van der Waals surface area contributed by atoms with Gasteiger partial charge in [-0.1, -0.05) is 26.7 Å². The maximum atomic E-state index is 12.7. The van der Waals surface area contributed by atoms with Gasteiger partial charge in [-0.25, -0.2) is 0 Å². The van der Waals surface area contributed by atoms with Gasteiger partial charge in [0.05, 0.1) is 14.2 Å². The smallest absolute Gasteiger partial charge is 0.222 e. The summed E-state index contributed by atoms with van der Waals surface area (Å²) in [4.78, 5) is 19.0. The Hall–Kier alpha value is -2.44. The van der Waals surface area contributed by atoms with Gasteiger partial charge >= 0.3 is 0 Å². The zero-order valence-corrected chi connectivity index (χ0v) is 19.9. The molecule has 174 valence electrons. The molecule has 1 aliphatic heterocycles. The number of carbonyl (C=O) groups is 1. The molecule has 0 saturated carbocycles. The number of ether oxygens (including phenoxy) is 2. The van der Waals surface area contributed by atoms with Gasteiger partial charge in [0, 0.05) is 32.1 Å². The molecule has 0 spiro atoms. The second-order valence-corrected chi connectivity index (χ2v) is 8.78. The van der Waals surface area contributed by atoms with Crippen LogP contribution in [-0.4, -0.2) is 50.1 Å². The average Bonchev–Trinajstić information content (AvgIpc) is 2.74. The Kier molecular flexibility index (Phi) is 9.95. The number of rotatable bonds is 11. The third-order valence-electron chi connectivity index (χ3n) is 5.71. The van der Waals surface area contributed by atoms with E-state index in [4.69, 9.17) is 15.2 Å². The number of benzene rings is 1. The predicted molar refractivity (Wildman–Crippen MR) is 126 cm³/mol. The fourth-order valence-electron chi connectivity index (χ4n) is 3.89. The lowest BCUT2D eigenvalue weighted by atomic mass is 9.98. The zero-order chi connectivity index (χ0) is 22.8. The summed E-state index contributed by atoms with van der Waals surface area (Å²) >= 11 is 0. The highest BCUT2D eigenvalue weighted by Gasteiger charge is 2.22. The Morgan fingerprint density at radius 3 is 2.45 bits per heavy atom. The van der Waals surface area contributed by atoms with Crippen LogP contribution < -0.4 is 20.5 Å². The van der Waals surface area contributed by atoms with Crippen molar-refractivity contribution in [1.82, 2.24) is 10.2 Å². The fraction of sp³-hybridized carbons (Fsp3) is 0.667. The highest BCUT2D eigenvalue weighted by molar-refractivity contribution is 5.78. The average molecular weight is 433 g/mol. The number of methoxy groups -OCH3 is 2. The van der Waals surface area contributed by atoms with E-state index in [0.717, 1.165) is 36.6 Å². The minimum absolute atomic E-state index is 0.157. The largest absolute Gasteiger partial charge is 0.493 e. The Morgan fingerprint density at radius 2 is 1.81 bits per heavy atom. The van der Waals surface area contributed by atoms with E-state index < -0.39 is 0 Å². The SMILES string of the molecule is COc1cc2c(cc1OC)CN(C(=O)CCCN=C(N)NC(C)CCCC(C)C)CC2. The monoisotopic (exact) mass is 432 g/mol. The number of aliphatic imine (C=N–C) groups is 1. The Labute approximate surface area is 187 Å². The molecule has 1 aromatic rings. The van der Waals surface area contributed by atoms with Crippen molar-refractivity contribution >= 4 is 11.9 Å². The minimum atomic E-state index is 0.157. The molecule has 3 N–H and O–H groups in total. The molecule has 7 nitrogen and oxygen atoms in total. The van der Waals surface area contributed by atoms with Gasteiger partial charge < -0.3 is 25.4 Å². The van der Waals surface area contributed by atoms with Gasteiger partial charge in [0.15, 0.2) is 17.5 Å². The molecule has 0 fully saturated rings. The summed E-state index contributed by atoms with van der Waals surface area (Å²) in [5.74, 6) is 2.79. The van der Waals surface area contributed by atoms with Gasteiger partial charge in [-0.05, 0) is 55.4 Å². The lowest BCUT2D eigenvalue weighted by molar-refractivity contribution is -0.132. The molecule has 0 saturated heterocycles. The van der Waals surface area contributed by atoms with Crippen LogP contribution in [0.25, 0.3) is 0 Å². The molecule has 1 heterocycles. The van der Waals surface area contributed by atoms with Crippen LogP contribution in [0, 0.1) is 5.92 Å². The molecular formula is C24H40N4O3. The van der Waals surface area contributed by atoms with E-state index in [2.05, 4.69) is 31.1 Å². The van der Waals surface area contributed by atoms with E-state index in [9.17, 15) is 4.79 Å². The summed E-state index contributed by atoms with van der Waals surface area (Å²) in [5.41, 5.74) is 8.33. The lowest BCUT2D eigenvalue weighted by Crippen LogP contribution is -2.38. The van der Waals surface area contributed by atoms with Gasteiger partial charge in [0.1, 0.15) is 0 Å². The molecule has 0 aliphatic carbocycles. The first-order chi connectivity index (χ1) is 14.8. The van der Waals surface area contributed by atoms with Gasteiger partial charge in [0.2, 0.25) is 5.91 Å². The topological polar surface area (TPSA) is 89.2 Å². The number of hydrogen-bond acceptors (Lipinski definition) is 4. The molecule has 2 rings (SSSR count). The Morgan fingerprint density at radius 1 is 1.13 bits per heavy atom. The quantitative estimate of drug-likeness (QED) is 0.317. The van der Waals surface area contributed by atoms with Crippen molar-refractivity contribution in [1.29, 1.82) is 0 Å². The summed E-state index contributed by atoms with van der Waals surface area (Å²) in [5, 5.41) is 3.25. The Balaban J connectivity index is 1.75. The number of amides is 1. The van der Waals surface area contributed by atoms with Crippen LogP contribution in [-0.2, 0) is 17.8 Å². The van der Waals surface area contributed by atoms with Crippen LogP contribution in [0.4, 0.5) is 0 Å². The normalized spacial score (nSPS) is 14.9. The number of guanidine groups is 1. The van der Waals surface area contributed by atoms with Crippen LogP contribution in [0.15, 0.2) is 17.1 Å². The van der Waals surface area contributed by atoms with E-state index in [1.165, 1.54) is 18.4 Å². The number of fused-ring (bicyclic) bond motifs is 1. The van der Waals surface area contributed by atoms with Crippen LogP contribution in [0.2, 0.25) is 0 Å². The third kappa shape index (κ3) is 7.96. The van der Waals surface area contributed by atoms with Crippen LogP contribution >= 0.6 is 0 Å². The Bertz CT molecular complexity index is 749. The first kappa shape index (κ1) is 24.8.